The Labute approximate surface area is 191 Å². The number of methoxy groups -OCH3 is 1. The largest absolute Gasteiger partial charge is 0.495 e. The van der Waals surface area contributed by atoms with E-state index in [0.717, 1.165) is 25.7 Å². The summed E-state index contributed by atoms with van der Waals surface area (Å²) in [7, 11) is -2.51. The summed E-state index contributed by atoms with van der Waals surface area (Å²) in [6.45, 7) is 1.58. The average molecular weight is 473 g/mol. The highest BCUT2D eigenvalue weighted by Gasteiger charge is 2.28. The predicted molar refractivity (Wildman–Crippen MR) is 117 cm³/mol. The van der Waals surface area contributed by atoms with Gasteiger partial charge < -0.3 is 14.0 Å². The lowest BCUT2D eigenvalue weighted by atomic mass is 10.2. The van der Waals surface area contributed by atoms with Gasteiger partial charge in [-0.15, -0.1) is 0 Å². The first kappa shape index (κ1) is 22.9. The van der Waals surface area contributed by atoms with E-state index >= 15 is 0 Å². The van der Waals surface area contributed by atoms with Crippen molar-refractivity contribution in [3.05, 3.63) is 54.2 Å². The summed E-state index contributed by atoms with van der Waals surface area (Å²) in [4.78, 5) is 20.9. The van der Waals surface area contributed by atoms with Crippen molar-refractivity contribution in [3.8, 4) is 17.1 Å². The number of esters is 1. The third kappa shape index (κ3) is 5.20. The molecular formula is C22H24N4O6S. The molecule has 0 radical (unpaired) electrons. The number of benzene rings is 1. The van der Waals surface area contributed by atoms with Crippen molar-refractivity contribution in [3.63, 3.8) is 0 Å². The fourth-order valence-corrected chi connectivity index (χ4v) is 5.13. The molecule has 0 saturated heterocycles. The molecule has 0 bridgehead atoms. The summed E-state index contributed by atoms with van der Waals surface area (Å²) >= 11 is 0. The molecule has 1 saturated carbocycles. The molecule has 0 amide bonds. The van der Waals surface area contributed by atoms with E-state index in [1.165, 1.54) is 25.3 Å². The van der Waals surface area contributed by atoms with Crippen molar-refractivity contribution in [2.24, 2.45) is 0 Å². The van der Waals surface area contributed by atoms with Crippen LogP contribution in [0.25, 0.3) is 11.4 Å². The number of sulfonamides is 1. The van der Waals surface area contributed by atoms with E-state index in [1.54, 1.807) is 31.5 Å². The van der Waals surface area contributed by atoms with Crippen LogP contribution in [0.5, 0.6) is 5.75 Å². The van der Waals surface area contributed by atoms with E-state index < -0.39 is 22.1 Å². The average Bonchev–Trinajstić information content (AvgIpc) is 3.51. The molecule has 10 nitrogen and oxygen atoms in total. The predicted octanol–water partition coefficient (Wildman–Crippen LogP) is 3.28. The smallest absolute Gasteiger partial charge is 0.338 e. The highest BCUT2D eigenvalue weighted by atomic mass is 32.2. The van der Waals surface area contributed by atoms with Gasteiger partial charge in [-0.1, -0.05) is 18.0 Å². The number of aromatic nitrogens is 3. The van der Waals surface area contributed by atoms with Crippen LogP contribution in [-0.2, 0) is 14.8 Å². The van der Waals surface area contributed by atoms with Crippen LogP contribution in [0.15, 0.2) is 52.1 Å². The van der Waals surface area contributed by atoms with Crippen molar-refractivity contribution in [2.45, 2.75) is 49.6 Å². The number of nitrogens with zero attached hydrogens (tertiary/aromatic N) is 3. The molecule has 2 aromatic heterocycles. The fourth-order valence-electron chi connectivity index (χ4n) is 3.63. The number of nitrogens with one attached hydrogen (secondary N) is 1. The maximum absolute atomic E-state index is 12.9. The zero-order chi connectivity index (χ0) is 23.4. The lowest BCUT2D eigenvalue weighted by Gasteiger charge is -2.16. The van der Waals surface area contributed by atoms with Gasteiger partial charge in [0.2, 0.25) is 15.8 Å². The lowest BCUT2D eigenvalue weighted by molar-refractivity contribution is 0.0265. The highest BCUT2D eigenvalue weighted by Crippen LogP contribution is 2.28. The standard InChI is InChI=1S/C22H24N4O6S/c1-14(21-24-20(25-32-21)16-6-5-11-23-13-16)31-22(27)15-9-10-18(30-2)19(12-15)33(28,29)26-17-7-3-4-8-17/h5-6,9-14,17,26H,3-4,7-8H2,1-2H3. The Morgan fingerprint density at radius 1 is 1.24 bits per heavy atom. The molecule has 174 valence electrons. The van der Waals surface area contributed by atoms with Gasteiger partial charge in [0.05, 0.1) is 12.7 Å². The molecule has 1 aliphatic rings. The van der Waals surface area contributed by atoms with E-state index in [4.69, 9.17) is 14.0 Å². The van der Waals surface area contributed by atoms with Crippen LogP contribution in [0.2, 0.25) is 0 Å². The van der Waals surface area contributed by atoms with Crippen LogP contribution in [0, 0.1) is 0 Å². The third-order valence-electron chi connectivity index (χ3n) is 5.36. The number of hydrogen-bond acceptors (Lipinski definition) is 9. The Morgan fingerprint density at radius 3 is 2.73 bits per heavy atom. The molecule has 2 heterocycles. The Hall–Kier alpha value is -3.31. The molecule has 1 fully saturated rings. The first-order chi connectivity index (χ1) is 15.9. The second-order valence-corrected chi connectivity index (χ2v) is 9.40. The number of ether oxygens (including phenoxy) is 2. The zero-order valence-electron chi connectivity index (χ0n) is 18.2. The quantitative estimate of drug-likeness (QED) is 0.490. The summed E-state index contributed by atoms with van der Waals surface area (Å²) in [6, 6.07) is 7.51. The van der Waals surface area contributed by atoms with Crippen LogP contribution in [0.1, 0.15) is 55.0 Å². The minimum absolute atomic E-state index is 0.0569. The third-order valence-corrected chi connectivity index (χ3v) is 6.90. The van der Waals surface area contributed by atoms with E-state index in [0.29, 0.717) is 11.4 Å². The summed E-state index contributed by atoms with van der Waals surface area (Å²) < 4.78 is 44.5. The Morgan fingerprint density at radius 2 is 2.03 bits per heavy atom. The molecular weight excluding hydrogens is 448 g/mol. The number of carbonyl (C=O) groups excluding carboxylic acids is 1. The van der Waals surface area contributed by atoms with Gasteiger partial charge in [-0.3, -0.25) is 4.98 Å². The highest BCUT2D eigenvalue weighted by molar-refractivity contribution is 7.89. The van der Waals surface area contributed by atoms with Gasteiger partial charge in [0.25, 0.3) is 5.89 Å². The molecule has 33 heavy (non-hydrogen) atoms. The van der Waals surface area contributed by atoms with E-state index in [1.807, 2.05) is 0 Å². The molecule has 1 aliphatic carbocycles. The molecule has 1 atom stereocenters. The number of rotatable bonds is 8. The van der Waals surface area contributed by atoms with Crippen molar-refractivity contribution >= 4 is 16.0 Å². The Bertz CT molecular complexity index is 1220. The van der Waals surface area contributed by atoms with Crippen molar-refractivity contribution in [1.82, 2.24) is 19.8 Å². The molecule has 1 aromatic carbocycles. The van der Waals surface area contributed by atoms with Gasteiger partial charge in [-0.25, -0.2) is 17.9 Å². The van der Waals surface area contributed by atoms with Gasteiger partial charge in [0, 0.05) is 24.0 Å². The summed E-state index contributed by atoms with van der Waals surface area (Å²) in [5.74, 6) is -0.171. The van der Waals surface area contributed by atoms with Crippen LogP contribution in [-0.4, -0.2) is 42.7 Å². The second-order valence-electron chi connectivity index (χ2n) is 7.71. The molecule has 1 N–H and O–H groups in total. The molecule has 4 rings (SSSR count). The molecule has 11 heteroatoms. The van der Waals surface area contributed by atoms with Gasteiger partial charge >= 0.3 is 5.97 Å². The van der Waals surface area contributed by atoms with Crippen molar-refractivity contribution in [1.29, 1.82) is 0 Å². The Balaban J connectivity index is 1.51. The maximum atomic E-state index is 12.9. The van der Waals surface area contributed by atoms with Crippen molar-refractivity contribution < 1.29 is 27.2 Å². The summed E-state index contributed by atoms with van der Waals surface area (Å²) in [5.41, 5.74) is 0.715. The molecule has 0 aliphatic heterocycles. The number of pyridine rings is 1. The molecule has 1 unspecified atom stereocenters. The Kier molecular flexibility index (Phi) is 6.70. The first-order valence-corrected chi connectivity index (χ1v) is 12.0. The van der Waals surface area contributed by atoms with Crippen LogP contribution >= 0.6 is 0 Å². The van der Waals surface area contributed by atoms with E-state index in [2.05, 4.69) is 19.8 Å². The molecule has 3 aromatic rings. The monoisotopic (exact) mass is 472 g/mol. The summed E-state index contributed by atoms with van der Waals surface area (Å²) in [5, 5.41) is 3.88. The van der Waals surface area contributed by atoms with Gasteiger partial charge in [-0.05, 0) is 50.1 Å². The first-order valence-electron chi connectivity index (χ1n) is 10.5. The topological polar surface area (TPSA) is 134 Å². The van der Waals surface area contributed by atoms with Crippen LogP contribution < -0.4 is 9.46 Å². The summed E-state index contributed by atoms with van der Waals surface area (Å²) in [6.07, 6.45) is 5.89. The normalized spacial score (nSPS) is 15.3. The fraction of sp³-hybridized carbons (Fsp3) is 0.364. The second kappa shape index (κ2) is 9.67. The van der Waals surface area contributed by atoms with E-state index in [9.17, 15) is 13.2 Å². The SMILES string of the molecule is COc1ccc(C(=O)OC(C)c2nc(-c3cccnc3)no2)cc1S(=O)(=O)NC1CCCC1. The molecule has 0 spiro atoms. The van der Waals surface area contributed by atoms with Gasteiger partial charge in [0.15, 0.2) is 6.10 Å². The zero-order valence-corrected chi connectivity index (χ0v) is 19.0. The van der Waals surface area contributed by atoms with Gasteiger partial charge in [-0.2, -0.15) is 4.98 Å². The lowest BCUT2D eigenvalue weighted by Crippen LogP contribution is -2.33. The van der Waals surface area contributed by atoms with Crippen LogP contribution in [0.4, 0.5) is 0 Å². The van der Waals surface area contributed by atoms with Crippen LogP contribution in [0.3, 0.4) is 0 Å². The maximum Gasteiger partial charge on any atom is 0.338 e. The number of carbonyl (C=O) groups is 1. The van der Waals surface area contributed by atoms with E-state index in [-0.39, 0.29) is 28.1 Å². The number of hydrogen-bond donors (Lipinski definition) is 1. The van der Waals surface area contributed by atoms with Gasteiger partial charge in [0.1, 0.15) is 10.6 Å². The minimum Gasteiger partial charge on any atom is -0.495 e. The van der Waals surface area contributed by atoms with Crippen molar-refractivity contribution in [2.75, 3.05) is 7.11 Å². The minimum atomic E-state index is -3.88.